The lowest BCUT2D eigenvalue weighted by molar-refractivity contribution is -0.0366. The summed E-state index contributed by atoms with van der Waals surface area (Å²) < 4.78 is 13.6. The summed E-state index contributed by atoms with van der Waals surface area (Å²) >= 11 is 5.78. The van der Waals surface area contributed by atoms with Crippen LogP contribution in [0, 0.1) is 0 Å². The zero-order chi connectivity index (χ0) is 25.0. The molecule has 0 bridgehead atoms. The maximum Gasteiger partial charge on any atom is 0.150 e. The lowest BCUT2D eigenvalue weighted by atomic mass is 9.71. The standard InChI is InChI=1S/C30H33ClN2O3/c1-2-27(22-8-4-3-5-9-22)30(34,24-11-14-26(15-12-24)35-19-17-31)25-13-16-28-23(20-25)21-32-33(28)29-10-6-7-18-36-29/h3-5,8-9,11-16,20-21,27,29,34H,2,6-7,10,17-19H2,1H3. The van der Waals surface area contributed by atoms with E-state index in [0.29, 0.717) is 12.5 Å². The Bertz CT molecular complexity index is 1270. The van der Waals surface area contributed by atoms with Crippen molar-refractivity contribution >= 4 is 22.5 Å². The molecule has 0 saturated carbocycles. The van der Waals surface area contributed by atoms with Crippen LogP contribution in [0.4, 0.5) is 0 Å². The number of hydrogen-bond donors (Lipinski definition) is 1. The minimum absolute atomic E-state index is 0.0331. The van der Waals surface area contributed by atoms with Crippen LogP contribution >= 0.6 is 11.6 Å². The molecule has 1 aliphatic rings. The fourth-order valence-corrected chi connectivity index (χ4v) is 5.50. The van der Waals surface area contributed by atoms with Gasteiger partial charge in [-0.1, -0.05) is 55.5 Å². The Morgan fingerprint density at radius 2 is 1.86 bits per heavy atom. The van der Waals surface area contributed by atoms with E-state index in [1.807, 2.05) is 59.4 Å². The first kappa shape index (κ1) is 24.8. The predicted octanol–water partition coefficient (Wildman–Crippen LogP) is 6.78. The highest BCUT2D eigenvalue weighted by Gasteiger charge is 2.40. The minimum atomic E-state index is -1.25. The van der Waals surface area contributed by atoms with Crippen LogP contribution in [0.15, 0.2) is 79.0 Å². The zero-order valence-electron chi connectivity index (χ0n) is 20.6. The average molecular weight is 505 g/mol. The van der Waals surface area contributed by atoms with Gasteiger partial charge in [0.1, 0.15) is 18.0 Å². The van der Waals surface area contributed by atoms with E-state index < -0.39 is 5.60 Å². The first-order chi connectivity index (χ1) is 17.6. The largest absolute Gasteiger partial charge is 0.492 e. The Labute approximate surface area is 217 Å². The highest BCUT2D eigenvalue weighted by atomic mass is 35.5. The molecule has 0 radical (unpaired) electrons. The SMILES string of the molecule is CCC(c1ccccc1)C(O)(c1ccc(OCCCl)cc1)c1ccc2c(cnn2C2CCCCO2)c1. The first-order valence-electron chi connectivity index (χ1n) is 12.8. The second-order valence-electron chi connectivity index (χ2n) is 9.38. The van der Waals surface area contributed by atoms with E-state index in [1.165, 1.54) is 0 Å². The van der Waals surface area contributed by atoms with Gasteiger partial charge < -0.3 is 14.6 Å². The molecule has 36 heavy (non-hydrogen) atoms. The highest BCUT2D eigenvalue weighted by Crippen LogP contribution is 2.45. The van der Waals surface area contributed by atoms with Crippen LogP contribution in [0.5, 0.6) is 5.75 Å². The van der Waals surface area contributed by atoms with E-state index >= 15 is 0 Å². The summed E-state index contributed by atoms with van der Waals surface area (Å²) in [6, 6.07) is 24.1. The maximum atomic E-state index is 12.6. The van der Waals surface area contributed by atoms with Gasteiger partial charge >= 0.3 is 0 Å². The number of rotatable bonds is 9. The van der Waals surface area contributed by atoms with Gasteiger partial charge in [-0.3, -0.25) is 0 Å². The number of aromatic nitrogens is 2. The van der Waals surface area contributed by atoms with Crippen molar-refractivity contribution in [2.75, 3.05) is 19.1 Å². The quantitative estimate of drug-likeness (QED) is 0.255. The van der Waals surface area contributed by atoms with E-state index in [4.69, 9.17) is 21.1 Å². The molecule has 1 aromatic heterocycles. The molecule has 1 saturated heterocycles. The van der Waals surface area contributed by atoms with Crippen molar-refractivity contribution in [2.24, 2.45) is 0 Å². The van der Waals surface area contributed by atoms with Gasteiger partial charge in [0.15, 0.2) is 6.23 Å². The Balaban J connectivity index is 1.59. The van der Waals surface area contributed by atoms with Crippen LogP contribution in [-0.4, -0.2) is 34.0 Å². The van der Waals surface area contributed by atoms with Gasteiger partial charge in [0, 0.05) is 17.9 Å². The van der Waals surface area contributed by atoms with Gasteiger partial charge in [0.25, 0.3) is 0 Å². The molecule has 1 aliphatic heterocycles. The first-order valence-corrected chi connectivity index (χ1v) is 13.3. The molecule has 188 valence electrons. The molecule has 5 rings (SSSR count). The van der Waals surface area contributed by atoms with Crippen LogP contribution in [0.1, 0.15) is 61.4 Å². The number of benzene rings is 3. The highest BCUT2D eigenvalue weighted by molar-refractivity contribution is 6.18. The second kappa shape index (κ2) is 11.0. The third-order valence-electron chi connectivity index (χ3n) is 7.22. The number of alkyl halides is 1. The fraction of sp³-hybridized carbons (Fsp3) is 0.367. The lowest BCUT2D eigenvalue weighted by Crippen LogP contribution is -2.35. The smallest absolute Gasteiger partial charge is 0.150 e. The van der Waals surface area contributed by atoms with Crippen LogP contribution in [0.3, 0.4) is 0 Å². The molecule has 0 aliphatic carbocycles. The molecule has 3 unspecified atom stereocenters. The van der Waals surface area contributed by atoms with Crippen LogP contribution in [0.2, 0.25) is 0 Å². The Hall–Kier alpha value is -2.86. The average Bonchev–Trinajstić information content (AvgIpc) is 3.37. The van der Waals surface area contributed by atoms with E-state index in [9.17, 15) is 5.11 Å². The van der Waals surface area contributed by atoms with Crippen molar-refractivity contribution in [3.8, 4) is 5.75 Å². The van der Waals surface area contributed by atoms with Gasteiger partial charge in [0.05, 0.1) is 17.6 Å². The summed E-state index contributed by atoms with van der Waals surface area (Å²) in [6.45, 7) is 3.33. The molecule has 3 aromatic carbocycles. The Kier molecular flexibility index (Phi) is 7.61. The van der Waals surface area contributed by atoms with Crippen LogP contribution in [-0.2, 0) is 10.3 Å². The van der Waals surface area contributed by atoms with Gasteiger partial charge in [-0.25, -0.2) is 4.68 Å². The summed E-state index contributed by atoms with van der Waals surface area (Å²) in [7, 11) is 0. The number of hydrogen-bond acceptors (Lipinski definition) is 4. The maximum absolute atomic E-state index is 12.6. The third-order valence-corrected chi connectivity index (χ3v) is 7.37. The number of aliphatic hydroxyl groups is 1. The molecule has 4 aromatic rings. The minimum Gasteiger partial charge on any atom is -0.492 e. The molecule has 5 nitrogen and oxygen atoms in total. The second-order valence-corrected chi connectivity index (χ2v) is 9.76. The van der Waals surface area contributed by atoms with Crippen molar-refractivity contribution in [3.63, 3.8) is 0 Å². The zero-order valence-corrected chi connectivity index (χ0v) is 21.4. The van der Waals surface area contributed by atoms with E-state index in [-0.39, 0.29) is 12.1 Å². The van der Waals surface area contributed by atoms with Gasteiger partial charge in [-0.2, -0.15) is 5.10 Å². The molecule has 0 amide bonds. The molecule has 3 atom stereocenters. The van der Waals surface area contributed by atoms with Crippen LogP contribution in [0.25, 0.3) is 10.9 Å². The van der Waals surface area contributed by atoms with Gasteiger partial charge in [-0.05, 0) is 66.6 Å². The molecular weight excluding hydrogens is 472 g/mol. The molecule has 6 heteroatoms. The summed E-state index contributed by atoms with van der Waals surface area (Å²) in [6.07, 6.45) is 5.81. The predicted molar refractivity (Wildman–Crippen MR) is 144 cm³/mol. The molecule has 1 fully saturated rings. The third kappa shape index (κ3) is 4.75. The van der Waals surface area contributed by atoms with Crippen molar-refractivity contribution < 1.29 is 14.6 Å². The monoisotopic (exact) mass is 504 g/mol. The lowest BCUT2D eigenvalue weighted by Gasteiger charge is -2.37. The number of fused-ring (bicyclic) bond motifs is 1. The molecule has 2 heterocycles. The van der Waals surface area contributed by atoms with E-state index in [1.54, 1.807) is 0 Å². The Morgan fingerprint density at radius 1 is 1.08 bits per heavy atom. The van der Waals surface area contributed by atoms with Crippen molar-refractivity contribution in [3.05, 3.63) is 95.7 Å². The van der Waals surface area contributed by atoms with Crippen LogP contribution < -0.4 is 4.74 Å². The van der Waals surface area contributed by atoms with E-state index in [0.717, 1.165) is 65.6 Å². The topological polar surface area (TPSA) is 56.5 Å². The van der Waals surface area contributed by atoms with Crippen molar-refractivity contribution in [1.82, 2.24) is 9.78 Å². The van der Waals surface area contributed by atoms with Crippen molar-refractivity contribution in [1.29, 1.82) is 0 Å². The fourth-order valence-electron chi connectivity index (χ4n) is 5.42. The van der Waals surface area contributed by atoms with Gasteiger partial charge in [0.2, 0.25) is 0 Å². The summed E-state index contributed by atoms with van der Waals surface area (Å²) in [5.41, 5.74) is 2.52. The summed E-state index contributed by atoms with van der Waals surface area (Å²) in [5.74, 6) is 1.01. The number of ether oxygens (including phenoxy) is 2. The van der Waals surface area contributed by atoms with Gasteiger partial charge in [-0.15, -0.1) is 11.6 Å². The Morgan fingerprint density at radius 3 is 2.56 bits per heavy atom. The number of halogens is 1. The number of nitrogens with zero attached hydrogens (tertiary/aromatic N) is 2. The normalized spacial score (nSPS) is 18.6. The molecule has 0 spiro atoms. The van der Waals surface area contributed by atoms with E-state index in [2.05, 4.69) is 36.3 Å². The molecule has 1 N–H and O–H groups in total. The summed E-state index contributed by atoms with van der Waals surface area (Å²) in [4.78, 5) is 0. The molecular formula is C30H33ClN2O3. The van der Waals surface area contributed by atoms with Crippen molar-refractivity contribution in [2.45, 2.75) is 50.4 Å². The summed E-state index contributed by atoms with van der Waals surface area (Å²) in [5, 5.41) is 18.3.